The van der Waals surface area contributed by atoms with Gasteiger partial charge in [0.05, 0.1) is 12.2 Å². The van der Waals surface area contributed by atoms with E-state index in [4.69, 9.17) is 4.74 Å². The van der Waals surface area contributed by atoms with Crippen LogP contribution in [0.2, 0.25) is 0 Å². The maximum atomic E-state index is 12.4. The van der Waals surface area contributed by atoms with E-state index in [1.807, 2.05) is 36.4 Å². The fraction of sp³-hybridized carbons (Fsp3) is 0.273. The predicted octanol–water partition coefficient (Wildman–Crippen LogP) is 3.56. The van der Waals surface area contributed by atoms with Crippen molar-refractivity contribution in [2.24, 2.45) is 5.10 Å². The lowest BCUT2D eigenvalue weighted by Crippen LogP contribution is -2.32. The number of esters is 1. The molecule has 0 atom stereocenters. The van der Waals surface area contributed by atoms with Gasteiger partial charge in [-0.3, -0.25) is 9.59 Å². The van der Waals surface area contributed by atoms with E-state index in [9.17, 15) is 14.4 Å². The second-order valence-electron chi connectivity index (χ2n) is 6.58. The number of thiophene rings is 1. The number of rotatable bonds is 6. The summed E-state index contributed by atoms with van der Waals surface area (Å²) in [5, 5.41) is 6.64. The van der Waals surface area contributed by atoms with Crippen LogP contribution < -0.4 is 10.7 Å². The van der Waals surface area contributed by atoms with Crippen LogP contribution in [-0.2, 0) is 27.2 Å². The van der Waals surface area contributed by atoms with Gasteiger partial charge in [-0.05, 0) is 49.8 Å². The Morgan fingerprint density at radius 2 is 1.90 bits per heavy atom. The van der Waals surface area contributed by atoms with Crippen LogP contribution in [0.15, 0.2) is 41.5 Å². The summed E-state index contributed by atoms with van der Waals surface area (Å²) in [6.45, 7) is 1.97. The van der Waals surface area contributed by atoms with Gasteiger partial charge in [0.15, 0.2) is 0 Å². The van der Waals surface area contributed by atoms with E-state index in [0.717, 1.165) is 41.7 Å². The van der Waals surface area contributed by atoms with Crippen molar-refractivity contribution in [1.29, 1.82) is 0 Å². The van der Waals surface area contributed by atoms with Crippen molar-refractivity contribution < 1.29 is 19.1 Å². The normalized spacial score (nSPS) is 13.2. The monoisotopic (exact) mass is 425 g/mol. The Morgan fingerprint density at radius 1 is 1.13 bits per heavy atom. The molecule has 1 aliphatic rings. The molecule has 0 saturated carbocycles. The first-order valence-corrected chi connectivity index (χ1v) is 10.6. The SMILES string of the molecule is CCOC(=O)c1c(NC(=O)C(=O)N/N=C\C=C\c2ccccc2)sc2c1CCCC2. The summed E-state index contributed by atoms with van der Waals surface area (Å²) in [5.74, 6) is -2.28. The first-order chi connectivity index (χ1) is 14.6. The van der Waals surface area contributed by atoms with Gasteiger partial charge in [0.2, 0.25) is 0 Å². The first kappa shape index (κ1) is 21.4. The topological polar surface area (TPSA) is 96.9 Å². The van der Waals surface area contributed by atoms with Crippen LogP contribution in [0.1, 0.15) is 46.1 Å². The standard InChI is InChI=1S/C22H23N3O4S/c1-2-29-22(28)18-16-12-6-7-13-17(16)30-21(18)24-19(26)20(27)25-23-14-8-11-15-9-4-3-5-10-15/h3-5,8-11,14H,2,6-7,12-13H2,1H3,(H,24,26)(H,25,27)/b11-8+,23-14-. The fourth-order valence-corrected chi connectivity index (χ4v) is 4.41. The molecule has 30 heavy (non-hydrogen) atoms. The minimum Gasteiger partial charge on any atom is -0.462 e. The summed E-state index contributed by atoms with van der Waals surface area (Å²) in [6.07, 6.45) is 8.49. The third kappa shape index (κ3) is 5.42. The highest BCUT2D eigenvalue weighted by molar-refractivity contribution is 7.17. The summed E-state index contributed by atoms with van der Waals surface area (Å²) in [5.41, 5.74) is 4.46. The Labute approximate surface area is 178 Å². The molecule has 7 nitrogen and oxygen atoms in total. The van der Waals surface area contributed by atoms with Crippen LogP contribution in [0.4, 0.5) is 5.00 Å². The zero-order chi connectivity index (χ0) is 21.3. The predicted molar refractivity (Wildman–Crippen MR) is 118 cm³/mol. The minimum absolute atomic E-state index is 0.239. The lowest BCUT2D eigenvalue weighted by atomic mass is 9.95. The number of anilines is 1. The second kappa shape index (κ2) is 10.5. The molecule has 0 unspecified atom stereocenters. The van der Waals surface area contributed by atoms with Crippen LogP contribution in [-0.4, -0.2) is 30.6 Å². The van der Waals surface area contributed by atoms with Gasteiger partial charge in [-0.2, -0.15) is 5.10 Å². The average molecular weight is 426 g/mol. The van der Waals surface area contributed by atoms with Crippen LogP contribution in [0, 0.1) is 0 Å². The molecule has 1 aromatic heterocycles. The number of amides is 2. The number of fused-ring (bicyclic) bond motifs is 1. The number of aryl methyl sites for hydroxylation is 1. The highest BCUT2D eigenvalue weighted by Crippen LogP contribution is 2.38. The largest absolute Gasteiger partial charge is 0.462 e. The van der Waals surface area contributed by atoms with Crippen molar-refractivity contribution in [2.45, 2.75) is 32.6 Å². The Kier molecular flexibility index (Phi) is 7.51. The molecule has 2 N–H and O–H groups in total. The summed E-state index contributed by atoms with van der Waals surface area (Å²) < 4.78 is 5.15. The fourth-order valence-electron chi connectivity index (χ4n) is 3.14. The second-order valence-corrected chi connectivity index (χ2v) is 7.68. The molecule has 0 spiro atoms. The number of ether oxygens (including phenoxy) is 1. The van der Waals surface area contributed by atoms with Crippen LogP contribution in [0.5, 0.6) is 0 Å². The average Bonchev–Trinajstić information content (AvgIpc) is 3.12. The molecule has 1 heterocycles. The molecular weight excluding hydrogens is 402 g/mol. The van der Waals surface area contributed by atoms with Crippen molar-refractivity contribution in [2.75, 3.05) is 11.9 Å². The van der Waals surface area contributed by atoms with Gasteiger partial charge in [0.1, 0.15) is 5.00 Å². The van der Waals surface area contributed by atoms with E-state index in [0.29, 0.717) is 10.6 Å². The molecule has 1 aliphatic carbocycles. The molecule has 1 aromatic carbocycles. The lowest BCUT2D eigenvalue weighted by Gasteiger charge is -2.12. The van der Waals surface area contributed by atoms with Crippen LogP contribution in [0.3, 0.4) is 0 Å². The number of carbonyl (C=O) groups is 3. The van der Waals surface area contributed by atoms with Crippen molar-refractivity contribution in [3.63, 3.8) is 0 Å². The van der Waals surface area contributed by atoms with Crippen LogP contribution >= 0.6 is 11.3 Å². The summed E-state index contributed by atoms with van der Waals surface area (Å²) in [7, 11) is 0. The lowest BCUT2D eigenvalue weighted by molar-refractivity contribution is -0.136. The summed E-state index contributed by atoms with van der Waals surface area (Å²) >= 11 is 1.33. The van der Waals surface area contributed by atoms with Gasteiger partial charge in [-0.25, -0.2) is 10.2 Å². The summed E-state index contributed by atoms with van der Waals surface area (Å²) in [4.78, 5) is 37.8. The molecule has 2 aromatic rings. The molecular formula is C22H23N3O4S. The van der Waals surface area contributed by atoms with E-state index in [1.54, 1.807) is 13.0 Å². The number of nitrogens with zero attached hydrogens (tertiary/aromatic N) is 1. The highest BCUT2D eigenvalue weighted by Gasteiger charge is 2.28. The zero-order valence-corrected chi connectivity index (χ0v) is 17.5. The number of hydrogen-bond donors (Lipinski definition) is 2. The molecule has 0 fully saturated rings. The van der Waals surface area contributed by atoms with Gasteiger partial charge in [-0.1, -0.05) is 36.4 Å². The smallest absolute Gasteiger partial charge is 0.341 e. The molecule has 156 valence electrons. The highest BCUT2D eigenvalue weighted by atomic mass is 32.1. The molecule has 0 saturated heterocycles. The molecule has 0 radical (unpaired) electrons. The molecule has 0 bridgehead atoms. The van der Waals surface area contributed by atoms with Crippen molar-refractivity contribution in [3.8, 4) is 0 Å². The third-order valence-electron chi connectivity index (χ3n) is 4.50. The molecule has 3 rings (SSSR count). The van der Waals surface area contributed by atoms with Crippen molar-refractivity contribution >= 4 is 46.4 Å². The van der Waals surface area contributed by atoms with E-state index in [2.05, 4.69) is 15.8 Å². The number of hydrogen-bond acceptors (Lipinski definition) is 6. The third-order valence-corrected chi connectivity index (χ3v) is 5.71. The zero-order valence-electron chi connectivity index (χ0n) is 16.6. The molecule has 0 aliphatic heterocycles. The minimum atomic E-state index is -0.916. The number of allylic oxidation sites excluding steroid dienone is 1. The van der Waals surface area contributed by atoms with Gasteiger partial charge >= 0.3 is 17.8 Å². The van der Waals surface area contributed by atoms with E-state index in [1.165, 1.54) is 17.6 Å². The van der Waals surface area contributed by atoms with E-state index in [-0.39, 0.29) is 6.61 Å². The number of nitrogens with one attached hydrogen (secondary N) is 2. The number of hydrazone groups is 1. The van der Waals surface area contributed by atoms with E-state index < -0.39 is 17.8 Å². The van der Waals surface area contributed by atoms with E-state index >= 15 is 0 Å². The van der Waals surface area contributed by atoms with Gasteiger partial charge in [0, 0.05) is 11.1 Å². The quantitative estimate of drug-likeness (QED) is 0.320. The first-order valence-electron chi connectivity index (χ1n) is 9.78. The summed E-state index contributed by atoms with van der Waals surface area (Å²) in [6, 6.07) is 9.60. The Balaban J connectivity index is 1.63. The Bertz CT molecular complexity index is 980. The Morgan fingerprint density at radius 3 is 2.67 bits per heavy atom. The van der Waals surface area contributed by atoms with Gasteiger partial charge in [-0.15, -0.1) is 11.3 Å². The van der Waals surface area contributed by atoms with Crippen molar-refractivity contribution in [1.82, 2.24) is 5.43 Å². The van der Waals surface area contributed by atoms with Gasteiger partial charge < -0.3 is 10.1 Å². The number of benzene rings is 1. The van der Waals surface area contributed by atoms with Gasteiger partial charge in [0.25, 0.3) is 0 Å². The number of carbonyl (C=O) groups excluding carboxylic acids is 3. The molecule has 2 amide bonds. The Hall–Kier alpha value is -3.26. The molecule has 8 heteroatoms. The van der Waals surface area contributed by atoms with Crippen LogP contribution in [0.25, 0.3) is 6.08 Å². The maximum Gasteiger partial charge on any atom is 0.341 e. The van der Waals surface area contributed by atoms with Crippen molar-refractivity contribution in [3.05, 3.63) is 58.0 Å². The maximum absolute atomic E-state index is 12.4.